The number of nitrogens with one attached hydrogen (secondary N) is 1. The maximum Gasteiger partial charge on any atom is 0.407 e. The molecule has 2 aromatic heterocycles. The molecular formula is C20H27N3O3S2. The van der Waals surface area contributed by atoms with E-state index in [9.17, 15) is 9.59 Å². The van der Waals surface area contributed by atoms with Crippen LogP contribution in [-0.2, 0) is 16.0 Å². The lowest BCUT2D eigenvalue weighted by atomic mass is 9.96. The molecule has 1 saturated heterocycles. The third-order valence-corrected chi connectivity index (χ3v) is 6.45. The number of rotatable bonds is 5. The molecule has 3 rings (SSSR count). The smallest absolute Gasteiger partial charge is 0.407 e. The molecule has 0 aliphatic carbocycles. The monoisotopic (exact) mass is 421 g/mol. The van der Waals surface area contributed by atoms with Crippen LogP contribution < -0.4 is 5.32 Å². The molecule has 0 saturated carbocycles. The number of thiophene rings is 1. The van der Waals surface area contributed by atoms with Gasteiger partial charge in [0.05, 0.1) is 17.0 Å². The van der Waals surface area contributed by atoms with Crippen molar-refractivity contribution in [1.82, 2.24) is 15.2 Å². The Kier molecular flexibility index (Phi) is 6.72. The van der Waals surface area contributed by atoms with E-state index in [4.69, 9.17) is 4.74 Å². The fourth-order valence-electron chi connectivity index (χ4n) is 3.10. The quantitative estimate of drug-likeness (QED) is 0.786. The molecule has 8 heteroatoms. The SMILES string of the molecule is CC(C)(C)OC(=O)NCC1CCN(C(=O)Cc2csc(-c3cccs3)n2)CC1. The number of carbonyl (C=O) groups is 2. The van der Waals surface area contributed by atoms with Gasteiger partial charge in [0, 0.05) is 25.0 Å². The average molecular weight is 422 g/mol. The number of aromatic nitrogens is 1. The summed E-state index contributed by atoms with van der Waals surface area (Å²) in [5, 5.41) is 7.82. The highest BCUT2D eigenvalue weighted by molar-refractivity contribution is 7.20. The first kappa shape index (κ1) is 20.8. The Morgan fingerprint density at radius 2 is 2.04 bits per heavy atom. The molecule has 28 heavy (non-hydrogen) atoms. The Balaban J connectivity index is 1.41. The molecule has 0 unspecified atom stereocenters. The van der Waals surface area contributed by atoms with E-state index in [0.717, 1.165) is 41.5 Å². The molecule has 6 nitrogen and oxygen atoms in total. The van der Waals surface area contributed by atoms with Crippen LogP contribution in [0.3, 0.4) is 0 Å². The third kappa shape index (κ3) is 6.04. The van der Waals surface area contributed by atoms with Gasteiger partial charge in [-0.3, -0.25) is 4.79 Å². The van der Waals surface area contributed by atoms with Gasteiger partial charge in [-0.05, 0) is 51.0 Å². The number of alkyl carbamates (subject to hydrolysis) is 1. The van der Waals surface area contributed by atoms with Crippen molar-refractivity contribution in [2.75, 3.05) is 19.6 Å². The van der Waals surface area contributed by atoms with Gasteiger partial charge in [-0.1, -0.05) is 6.07 Å². The first-order valence-electron chi connectivity index (χ1n) is 9.53. The van der Waals surface area contributed by atoms with Gasteiger partial charge < -0.3 is 15.0 Å². The Morgan fingerprint density at radius 3 is 2.68 bits per heavy atom. The second kappa shape index (κ2) is 9.05. The highest BCUT2D eigenvalue weighted by Gasteiger charge is 2.24. The summed E-state index contributed by atoms with van der Waals surface area (Å²) in [6.45, 7) is 7.59. The van der Waals surface area contributed by atoms with Crippen molar-refractivity contribution in [1.29, 1.82) is 0 Å². The summed E-state index contributed by atoms with van der Waals surface area (Å²) >= 11 is 3.25. The number of ether oxygens (including phenoxy) is 1. The molecule has 152 valence electrons. The number of piperidine rings is 1. The fourth-order valence-corrected chi connectivity index (χ4v) is 4.73. The predicted octanol–water partition coefficient (Wildman–Crippen LogP) is 4.18. The molecular weight excluding hydrogens is 394 g/mol. The summed E-state index contributed by atoms with van der Waals surface area (Å²) in [6.07, 6.45) is 1.75. The van der Waals surface area contributed by atoms with E-state index < -0.39 is 5.60 Å². The number of likely N-dealkylation sites (tertiary alicyclic amines) is 1. The minimum Gasteiger partial charge on any atom is -0.444 e. The molecule has 2 amide bonds. The Hall–Kier alpha value is -1.93. The van der Waals surface area contributed by atoms with Gasteiger partial charge in [-0.25, -0.2) is 9.78 Å². The molecule has 0 aromatic carbocycles. The zero-order chi connectivity index (χ0) is 20.1. The van der Waals surface area contributed by atoms with Gasteiger partial charge >= 0.3 is 6.09 Å². The first-order valence-corrected chi connectivity index (χ1v) is 11.3. The van der Waals surface area contributed by atoms with Crippen molar-refractivity contribution in [2.24, 2.45) is 5.92 Å². The molecule has 1 aliphatic heterocycles. The molecule has 3 heterocycles. The van der Waals surface area contributed by atoms with Crippen molar-refractivity contribution in [3.8, 4) is 9.88 Å². The van der Waals surface area contributed by atoms with Crippen LogP contribution in [0.2, 0.25) is 0 Å². The minimum absolute atomic E-state index is 0.126. The van der Waals surface area contributed by atoms with Crippen molar-refractivity contribution < 1.29 is 14.3 Å². The van der Waals surface area contributed by atoms with Crippen LogP contribution in [-0.4, -0.2) is 47.1 Å². The predicted molar refractivity (Wildman–Crippen MR) is 113 cm³/mol. The number of amides is 2. The van der Waals surface area contributed by atoms with Gasteiger partial charge in [0.15, 0.2) is 0 Å². The van der Waals surface area contributed by atoms with Gasteiger partial charge in [0.1, 0.15) is 10.6 Å². The standard InChI is InChI=1S/C20H27N3O3S2/c1-20(2,3)26-19(25)21-12-14-6-8-23(9-7-14)17(24)11-15-13-28-18(22-15)16-5-4-10-27-16/h4-5,10,13-14H,6-9,11-12H2,1-3H3,(H,21,25). The topological polar surface area (TPSA) is 71.5 Å². The largest absolute Gasteiger partial charge is 0.444 e. The molecule has 0 atom stereocenters. The Labute approximate surface area is 173 Å². The van der Waals surface area contributed by atoms with Gasteiger partial charge in [-0.15, -0.1) is 22.7 Å². The maximum atomic E-state index is 12.6. The van der Waals surface area contributed by atoms with E-state index in [2.05, 4.69) is 10.3 Å². The second-order valence-corrected chi connectivity index (χ2v) is 9.81. The zero-order valence-electron chi connectivity index (χ0n) is 16.6. The van der Waals surface area contributed by atoms with Crippen molar-refractivity contribution in [3.63, 3.8) is 0 Å². The molecule has 1 N–H and O–H groups in total. The van der Waals surface area contributed by atoms with E-state index in [1.165, 1.54) is 0 Å². The number of hydrogen-bond donors (Lipinski definition) is 1. The molecule has 1 aliphatic rings. The Morgan fingerprint density at radius 1 is 1.29 bits per heavy atom. The number of nitrogens with zero attached hydrogens (tertiary/aromatic N) is 2. The lowest BCUT2D eigenvalue weighted by molar-refractivity contribution is -0.131. The van der Waals surface area contributed by atoms with E-state index in [0.29, 0.717) is 18.9 Å². The van der Waals surface area contributed by atoms with Gasteiger partial charge in [-0.2, -0.15) is 0 Å². The van der Waals surface area contributed by atoms with Crippen molar-refractivity contribution in [2.45, 2.75) is 45.6 Å². The maximum absolute atomic E-state index is 12.6. The highest BCUT2D eigenvalue weighted by atomic mass is 32.1. The van der Waals surface area contributed by atoms with Crippen LogP contribution >= 0.6 is 22.7 Å². The number of thiazole rings is 1. The normalized spacial score (nSPS) is 15.5. The zero-order valence-corrected chi connectivity index (χ0v) is 18.2. The molecule has 0 radical (unpaired) electrons. The summed E-state index contributed by atoms with van der Waals surface area (Å²) in [7, 11) is 0. The van der Waals surface area contributed by atoms with Crippen LogP contribution in [0.15, 0.2) is 22.9 Å². The van der Waals surface area contributed by atoms with Crippen LogP contribution in [0.25, 0.3) is 9.88 Å². The molecule has 1 fully saturated rings. The number of hydrogen-bond acceptors (Lipinski definition) is 6. The summed E-state index contributed by atoms with van der Waals surface area (Å²) in [5.74, 6) is 0.503. The lowest BCUT2D eigenvalue weighted by Gasteiger charge is -2.32. The van der Waals surface area contributed by atoms with E-state index in [1.54, 1.807) is 22.7 Å². The van der Waals surface area contributed by atoms with Crippen LogP contribution in [0.1, 0.15) is 39.3 Å². The lowest BCUT2D eigenvalue weighted by Crippen LogP contribution is -2.42. The van der Waals surface area contributed by atoms with Crippen molar-refractivity contribution in [3.05, 3.63) is 28.6 Å². The Bertz CT molecular complexity index is 788. The summed E-state index contributed by atoms with van der Waals surface area (Å²) < 4.78 is 5.26. The van der Waals surface area contributed by atoms with Crippen LogP contribution in [0.4, 0.5) is 4.79 Å². The summed E-state index contributed by atoms with van der Waals surface area (Å²) in [5.41, 5.74) is 0.353. The molecule has 2 aromatic rings. The summed E-state index contributed by atoms with van der Waals surface area (Å²) in [4.78, 5) is 32.0. The third-order valence-electron chi connectivity index (χ3n) is 4.52. The summed E-state index contributed by atoms with van der Waals surface area (Å²) in [6, 6.07) is 4.05. The average Bonchev–Trinajstić information content (AvgIpc) is 3.30. The second-order valence-electron chi connectivity index (χ2n) is 8.01. The van der Waals surface area contributed by atoms with E-state index in [-0.39, 0.29) is 12.0 Å². The van der Waals surface area contributed by atoms with E-state index in [1.807, 2.05) is 48.6 Å². The van der Waals surface area contributed by atoms with Crippen LogP contribution in [0, 0.1) is 5.92 Å². The molecule has 0 bridgehead atoms. The van der Waals surface area contributed by atoms with Gasteiger partial charge in [0.2, 0.25) is 5.91 Å². The fraction of sp³-hybridized carbons (Fsp3) is 0.550. The highest BCUT2D eigenvalue weighted by Crippen LogP contribution is 2.28. The number of carbonyl (C=O) groups excluding carboxylic acids is 2. The van der Waals surface area contributed by atoms with E-state index >= 15 is 0 Å². The first-order chi connectivity index (χ1) is 13.3. The van der Waals surface area contributed by atoms with Crippen molar-refractivity contribution >= 4 is 34.7 Å². The van der Waals surface area contributed by atoms with Gasteiger partial charge in [0.25, 0.3) is 0 Å². The molecule has 0 spiro atoms. The van der Waals surface area contributed by atoms with Crippen LogP contribution in [0.5, 0.6) is 0 Å². The minimum atomic E-state index is -0.487.